The predicted octanol–water partition coefficient (Wildman–Crippen LogP) is 4.34. The van der Waals surface area contributed by atoms with E-state index in [0.717, 1.165) is 17.5 Å². The number of rotatable bonds is 4. The number of aromatic hydroxyl groups is 3. The molecule has 0 unspecified atom stereocenters. The fourth-order valence-corrected chi connectivity index (χ4v) is 3.59. The fraction of sp³-hybridized carbons (Fsp3) is 0.409. The number of Topliss-reactive ketones (excluding diaryl/α,β-unsaturated/α-hetero) is 1. The summed E-state index contributed by atoms with van der Waals surface area (Å²) in [6.07, 6.45) is 1.90. The lowest BCUT2D eigenvalue weighted by Crippen LogP contribution is -2.34. The number of ketones is 1. The molecule has 3 rings (SSSR count). The average Bonchev–Trinajstić information content (AvgIpc) is 2.59. The van der Waals surface area contributed by atoms with Crippen molar-refractivity contribution in [2.75, 3.05) is 0 Å². The highest BCUT2D eigenvalue weighted by Gasteiger charge is 2.33. The molecule has 0 fully saturated rings. The quantitative estimate of drug-likeness (QED) is 0.697. The van der Waals surface area contributed by atoms with Gasteiger partial charge >= 0.3 is 0 Å². The number of hydrogen-bond acceptors (Lipinski definition) is 5. The molecule has 1 heterocycles. The first-order valence-corrected chi connectivity index (χ1v) is 9.19. The number of ether oxygens (including phenoxy) is 1. The Morgan fingerprint density at radius 3 is 2.52 bits per heavy atom. The summed E-state index contributed by atoms with van der Waals surface area (Å²) in [6, 6.07) is 4.33. The van der Waals surface area contributed by atoms with Crippen LogP contribution < -0.4 is 4.74 Å². The summed E-state index contributed by atoms with van der Waals surface area (Å²) < 4.78 is 6.14. The van der Waals surface area contributed by atoms with Crippen molar-refractivity contribution in [3.05, 3.63) is 46.0 Å². The maximum absolute atomic E-state index is 13.0. The second kappa shape index (κ2) is 6.80. The first kappa shape index (κ1) is 19.1. The van der Waals surface area contributed by atoms with Crippen molar-refractivity contribution >= 4 is 5.78 Å². The van der Waals surface area contributed by atoms with Crippen LogP contribution in [-0.4, -0.2) is 26.7 Å². The molecule has 0 bridgehead atoms. The number of hydrogen-bond donors (Lipinski definition) is 3. The Labute approximate surface area is 159 Å². The number of phenolic OH excluding ortho intramolecular Hbond substituents is 3. The third-order valence-corrected chi connectivity index (χ3v) is 5.40. The van der Waals surface area contributed by atoms with Crippen molar-refractivity contribution in [2.45, 2.75) is 59.0 Å². The molecule has 0 radical (unpaired) electrons. The lowest BCUT2D eigenvalue weighted by molar-refractivity contribution is 0.0815. The molecule has 2 aromatic rings. The maximum Gasteiger partial charge on any atom is 0.167 e. The summed E-state index contributed by atoms with van der Waals surface area (Å²) >= 11 is 0. The number of carbonyl (C=O) groups is 1. The van der Waals surface area contributed by atoms with E-state index in [1.54, 1.807) is 13.0 Å². The highest BCUT2D eigenvalue weighted by molar-refractivity contribution is 6.01. The minimum absolute atomic E-state index is 0.0227. The van der Waals surface area contributed by atoms with Crippen LogP contribution in [0.3, 0.4) is 0 Å². The second-order valence-electron chi connectivity index (χ2n) is 7.88. The molecule has 0 aromatic heterocycles. The Balaban J connectivity index is 1.94. The van der Waals surface area contributed by atoms with E-state index in [1.165, 1.54) is 12.1 Å². The van der Waals surface area contributed by atoms with Crippen LogP contribution in [0.25, 0.3) is 0 Å². The van der Waals surface area contributed by atoms with Crippen LogP contribution in [0, 0.1) is 13.8 Å². The molecule has 27 heavy (non-hydrogen) atoms. The molecule has 5 nitrogen and oxygen atoms in total. The number of phenols is 3. The van der Waals surface area contributed by atoms with Gasteiger partial charge in [0.05, 0.1) is 5.56 Å². The largest absolute Gasteiger partial charge is 0.508 e. The molecule has 0 saturated carbocycles. The lowest BCUT2D eigenvalue weighted by Gasteiger charge is -2.35. The lowest BCUT2D eigenvalue weighted by atomic mass is 9.85. The van der Waals surface area contributed by atoms with Gasteiger partial charge in [0, 0.05) is 18.1 Å². The Bertz CT molecular complexity index is 912. The highest BCUT2D eigenvalue weighted by atomic mass is 16.5. The van der Waals surface area contributed by atoms with E-state index in [0.29, 0.717) is 35.3 Å². The molecule has 0 amide bonds. The van der Waals surface area contributed by atoms with E-state index in [1.807, 2.05) is 20.8 Å². The minimum atomic E-state index is -0.306. The highest BCUT2D eigenvalue weighted by Crippen LogP contribution is 2.44. The van der Waals surface area contributed by atoms with Gasteiger partial charge in [-0.15, -0.1) is 0 Å². The van der Waals surface area contributed by atoms with Gasteiger partial charge < -0.3 is 20.1 Å². The zero-order chi connectivity index (χ0) is 19.9. The fourth-order valence-electron chi connectivity index (χ4n) is 3.59. The van der Waals surface area contributed by atoms with Crippen LogP contribution in [0.5, 0.6) is 23.0 Å². The third kappa shape index (κ3) is 3.59. The monoisotopic (exact) mass is 370 g/mol. The van der Waals surface area contributed by atoms with Crippen molar-refractivity contribution in [2.24, 2.45) is 0 Å². The van der Waals surface area contributed by atoms with Gasteiger partial charge in [-0.1, -0.05) is 6.07 Å². The molecule has 2 aromatic carbocycles. The van der Waals surface area contributed by atoms with Crippen LogP contribution >= 0.6 is 0 Å². The molecule has 144 valence electrons. The van der Waals surface area contributed by atoms with E-state index in [4.69, 9.17) is 4.74 Å². The Morgan fingerprint density at radius 2 is 1.85 bits per heavy atom. The zero-order valence-electron chi connectivity index (χ0n) is 16.2. The Hall–Kier alpha value is -2.69. The summed E-state index contributed by atoms with van der Waals surface area (Å²) in [5.74, 6) is 0.483. The average molecular weight is 370 g/mol. The topological polar surface area (TPSA) is 87.0 Å². The van der Waals surface area contributed by atoms with Crippen LogP contribution in [0.15, 0.2) is 18.2 Å². The van der Waals surface area contributed by atoms with Crippen molar-refractivity contribution in [3.63, 3.8) is 0 Å². The van der Waals surface area contributed by atoms with Crippen LogP contribution in [-0.2, 0) is 12.8 Å². The molecule has 1 aliphatic heterocycles. The minimum Gasteiger partial charge on any atom is -0.508 e. The Kier molecular flexibility index (Phi) is 4.81. The van der Waals surface area contributed by atoms with Gasteiger partial charge in [0.25, 0.3) is 0 Å². The van der Waals surface area contributed by atoms with Crippen molar-refractivity contribution in [1.29, 1.82) is 0 Å². The van der Waals surface area contributed by atoms with Gasteiger partial charge in [0.2, 0.25) is 0 Å². The van der Waals surface area contributed by atoms with Crippen molar-refractivity contribution < 1.29 is 24.9 Å². The Morgan fingerprint density at radius 1 is 1.15 bits per heavy atom. The smallest absolute Gasteiger partial charge is 0.167 e. The molecule has 0 atom stereocenters. The first-order chi connectivity index (χ1) is 12.6. The standard InChI is InChI=1S/C22H26O5/c1-12-13(2)21-16(9-10-22(3,4)27-21)19(20(12)26)17(24)8-6-14-5-7-15(23)11-18(14)25/h5,7,11,23,25-26H,6,8-10H2,1-4H3. The molecule has 1 aliphatic rings. The van der Waals surface area contributed by atoms with Gasteiger partial charge in [-0.2, -0.15) is 0 Å². The molecule has 5 heteroatoms. The number of benzene rings is 2. The van der Waals surface area contributed by atoms with Crippen LogP contribution in [0.2, 0.25) is 0 Å². The molecule has 0 spiro atoms. The molecule has 0 aliphatic carbocycles. The van der Waals surface area contributed by atoms with Gasteiger partial charge in [-0.25, -0.2) is 0 Å². The van der Waals surface area contributed by atoms with Crippen molar-refractivity contribution in [3.8, 4) is 23.0 Å². The summed E-state index contributed by atoms with van der Waals surface area (Å²) in [7, 11) is 0. The van der Waals surface area contributed by atoms with Gasteiger partial charge in [0.15, 0.2) is 5.78 Å². The van der Waals surface area contributed by atoms with Crippen LogP contribution in [0.4, 0.5) is 0 Å². The number of fused-ring (bicyclic) bond motifs is 1. The van der Waals surface area contributed by atoms with Gasteiger partial charge in [-0.05, 0) is 69.7 Å². The predicted molar refractivity (Wildman–Crippen MR) is 103 cm³/mol. The van der Waals surface area contributed by atoms with Gasteiger partial charge in [-0.3, -0.25) is 4.79 Å². The van der Waals surface area contributed by atoms with E-state index in [-0.39, 0.29) is 35.1 Å². The maximum atomic E-state index is 13.0. The summed E-state index contributed by atoms with van der Waals surface area (Å²) in [6.45, 7) is 7.73. The number of carbonyl (C=O) groups excluding carboxylic acids is 1. The summed E-state index contributed by atoms with van der Waals surface area (Å²) in [5, 5.41) is 30.0. The first-order valence-electron chi connectivity index (χ1n) is 9.19. The summed E-state index contributed by atoms with van der Waals surface area (Å²) in [4.78, 5) is 13.0. The van der Waals surface area contributed by atoms with Crippen molar-refractivity contribution in [1.82, 2.24) is 0 Å². The van der Waals surface area contributed by atoms with E-state index in [2.05, 4.69) is 0 Å². The number of aryl methyl sites for hydroxylation is 1. The second-order valence-corrected chi connectivity index (χ2v) is 7.88. The van der Waals surface area contributed by atoms with Gasteiger partial charge in [0.1, 0.15) is 28.6 Å². The zero-order valence-corrected chi connectivity index (χ0v) is 16.2. The molecular formula is C22H26O5. The normalized spacial score (nSPS) is 15.1. The summed E-state index contributed by atoms with van der Waals surface area (Å²) in [5.41, 5.74) is 2.90. The van der Waals surface area contributed by atoms with E-state index in [9.17, 15) is 20.1 Å². The van der Waals surface area contributed by atoms with E-state index < -0.39 is 0 Å². The third-order valence-electron chi connectivity index (χ3n) is 5.40. The van der Waals surface area contributed by atoms with Crippen LogP contribution in [0.1, 0.15) is 59.3 Å². The molecular weight excluding hydrogens is 344 g/mol. The SMILES string of the molecule is Cc1c(C)c2c(c(C(=O)CCc3ccc(O)cc3O)c1O)CCC(C)(C)O2. The molecule has 3 N–H and O–H groups in total. The molecule has 0 saturated heterocycles. The van der Waals surface area contributed by atoms with E-state index >= 15 is 0 Å².